The topological polar surface area (TPSA) is 102 Å². The smallest absolute Gasteiger partial charge is 0.412 e. The van der Waals surface area contributed by atoms with Crippen LogP contribution in [0.4, 0.5) is 20.6 Å². The molecule has 36 heavy (non-hydrogen) atoms. The summed E-state index contributed by atoms with van der Waals surface area (Å²) in [5.41, 5.74) is 0.713. The van der Waals surface area contributed by atoms with Crippen LogP contribution in [-0.4, -0.2) is 27.2 Å². The molecule has 0 radical (unpaired) electrons. The number of carbonyl (C=O) groups excluding carboxylic acids is 2. The lowest BCUT2D eigenvalue weighted by Gasteiger charge is -2.20. The van der Waals surface area contributed by atoms with Gasteiger partial charge in [-0.25, -0.2) is 14.2 Å². The number of carbonyl (C=O) groups is 2. The van der Waals surface area contributed by atoms with E-state index < -0.39 is 23.4 Å². The largest absolute Gasteiger partial charge is 0.444 e. The molecule has 0 saturated carbocycles. The fourth-order valence-electron chi connectivity index (χ4n) is 3.63. The van der Waals surface area contributed by atoms with Crippen molar-refractivity contribution in [3.8, 4) is 5.69 Å². The molecule has 2 N–H and O–H groups in total. The van der Waals surface area contributed by atoms with Crippen LogP contribution >= 0.6 is 0 Å². The molecule has 0 aliphatic heterocycles. The van der Waals surface area contributed by atoms with E-state index >= 15 is 0 Å². The van der Waals surface area contributed by atoms with Gasteiger partial charge in [0, 0.05) is 11.3 Å². The average Bonchev–Trinajstić information content (AvgIpc) is 2.80. The van der Waals surface area contributed by atoms with Gasteiger partial charge in [0.2, 0.25) is 0 Å². The number of ether oxygens (including phenoxy) is 1. The second kappa shape index (κ2) is 9.61. The number of amides is 2. The standard InChI is InChI=1S/C27H25FN4O4/c1-16-29-22-8-6-5-7-20(22)25(34)32(16)19-12-9-17(10-13-19)24(33)30-18-11-14-21(28)23(15-18)31-26(35)36-27(2,3)4/h5-15H,1-4H3,(H,30,33)(H,31,35). The van der Waals surface area contributed by atoms with E-state index in [2.05, 4.69) is 15.6 Å². The van der Waals surface area contributed by atoms with E-state index in [1.165, 1.54) is 16.7 Å². The number of nitrogens with one attached hydrogen (secondary N) is 2. The zero-order chi connectivity index (χ0) is 26.0. The third-order valence-electron chi connectivity index (χ3n) is 5.19. The van der Waals surface area contributed by atoms with Crippen molar-refractivity contribution in [2.75, 3.05) is 10.6 Å². The van der Waals surface area contributed by atoms with Gasteiger partial charge in [-0.05, 0) is 82.3 Å². The van der Waals surface area contributed by atoms with Crippen LogP contribution < -0.4 is 16.2 Å². The average molecular weight is 489 g/mol. The number of para-hydroxylation sites is 1. The third kappa shape index (κ3) is 5.41. The van der Waals surface area contributed by atoms with Crippen LogP contribution in [0.3, 0.4) is 0 Å². The summed E-state index contributed by atoms with van der Waals surface area (Å²) in [5.74, 6) is -0.600. The first kappa shape index (κ1) is 24.6. The normalized spacial score (nSPS) is 11.2. The first-order valence-electron chi connectivity index (χ1n) is 11.2. The van der Waals surface area contributed by atoms with Crippen LogP contribution in [0.25, 0.3) is 16.6 Å². The Bertz CT molecular complexity index is 1520. The molecule has 0 atom stereocenters. The second-order valence-corrected chi connectivity index (χ2v) is 9.14. The zero-order valence-electron chi connectivity index (χ0n) is 20.3. The summed E-state index contributed by atoms with van der Waals surface area (Å²) < 4.78 is 20.8. The number of halogens is 1. The summed E-state index contributed by atoms with van der Waals surface area (Å²) in [7, 11) is 0. The van der Waals surface area contributed by atoms with E-state index in [0.717, 1.165) is 6.07 Å². The molecule has 1 heterocycles. The van der Waals surface area contributed by atoms with Gasteiger partial charge >= 0.3 is 6.09 Å². The highest BCUT2D eigenvalue weighted by Gasteiger charge is 2.18. The van der Waals surface area contributed by atoms with Crippen molar-refractivity contribution >= 4 is 34.3 Å². The van der Waals surface area contributed by atoms with Gasteiger partial charge in [0.15, 0.2) is 0 Å². The summed E-state index contributed by atoms with van der Waals surface area (Å²) in [5, 5.41) is 5.52. The fraction of sp³-hybridized carbons (Fsp3) is 0.185. The number of nitrogens with zero attached hydrogens (tertiary/aromatic N) is 2. The highest BCUT2D eigenvalue weighted by atomic mass is 19.1. The Morgan fingerprint density at radius 3 is 2.36 bits per heavy atom. The Balaban J connectivity index is 1.53. The molecular formula is C27H25FN4O4. The number of aryl methyl sites for hydroxylation is 1. The molecule has 0 aliphatic carbocycles. The summed E-state index contributed by atoms with van der Waals surface area (Å²) in [6, 6.07) is 17.4. The van der Waals surface area contributed by atoms with Crippen molar-refractivity contribution in [2.45, 2.75) is 33.3 Å². The molecule has 1 aromatic heterocycles. The first-order valence-corrected chi connectivity index (χ1v) is 11.2. The van der Waals surface area contributed by atoms with E-state index in [1.54, 1.807) is 70.2 Å². The quantitative estimate of drug-likeness (QED) is 0.399. The van der Waals surface area contributed by atoms with Crippen molar-refractivity contribution in [1.82, 2.24) is 9.55 Å². The minimum atomic E-state index is -0.811. The maximum absolute atomic E-state index is 14.2. The molecular weight excluding hydrogens is 463 g/mol. The highest BCUT2D eigenvalue weighted by molar-refractivity contribution is 6.04. The van der Waals surface area contributed by atoms with Crippen LogP contribution in [0.2, 0.25) is 0 Å². The van der Waals surface area contributed by atoms with Crippen LogP contribution in [0.5, 0.6) is 0 Å². The van der Waals surface area contributed by atoms with Crippen LogP contribution in [0, 0.1) is 12.7 Å². The van der Waals surface area contributed by atoms with Crippen LogP contribution in [0.1, 0.15) is 37.0 Å². The molecule has 0 bridgehead atoms. The molecule has 4 rings (SSSR count). The lowest BCUT2D eigenvalue weighted by atomic mass is 10.1. The molecule has 0 unspecified atom stereocenters. The molecule has 9 heteroatoms. The monoisotopic (exact) mass is 488 g/mol. The van der Waals surface area contributed by atoms with Crippen molar-refractivity contribution in [3.63, 3.8) is 0 Å². The molecule has 0 fully saturated rings. The van der Waals surface area contributed by atoms with Crippen LogP contribution in [0.15, 0.2) is 71.5 Å². The number of anilines is 2. The Hall–Kier alpha value is -4.53. The van der Waals surface area contributed by atoms with Crippen molar-refractivity contribution in [1.29, 1.82) is 0 Å². The molecule has 4 aromatic rings. The maximum Gasteiger partial charge on any atom is 0.412 e. The molecule has 8 nitrogen and oxygen atoms in total. The van der Waals surface area contributed by atoms with Crippen molar-refractivity contribution in [3.05, 3.63) is 94.3 Å². The molecule has 0 saturated heterocycles. The van der Waals surface area contributed by atoms with Gasteiger partial charge in [0.25, 0.3) is 11.5 Å². The van der Waals surface area contributed by atoms with E-state index in [4.69, 9.17) is 4.74 Å². The van der Waals surface area contributed by atoms with Gasteiger partial charge in [-0.2, -0.15) is 0 Å². The Morgan fingerprint density at radius 2 is 1.67 bits per heavy atom. The van der Waals surface area contributed by atoms with E-state index in [0.29, 0.717) is 28.0 Å². The number of benzene rings is 3. The van der Waals surface area contributed by atoms with E-state index in [-0.39, 0.29) is 16.9 Å². The molecule has 3 aromatic carbocycles. The van der Waals surface area contributed by atoms with Crippen molar-refractivity contribution in [2.24, 2.45) is 0 Å². The summed E-state index contributed by atoms with van der Waals surface area (Å²) in [4.78, 5) is 42.3. The summed E-state index contributed by atoms with van der Waals surface area (Å²) >= 11 is 0. The van der Waals surface area contributed by atoms with Crippen molar-refractivity contribution < 1.29 is 18.7 Å². The lowest BCUT2D eigenvalue weighted by molar-refractivity contribution is 0.0635. The van der Waals surface area contributed by atoms with Gasteiger partial charge in [0.1, 0.15) is 17.2 Å². The molecule has 184 valence electrons. The zero-order valence-corrected chi connectivity index (χ0v) is 20.3. The number of aromatic nitrogens is 2. The van der Waals surface area contributed by atoms with Gasteiger partial charge in [-0.1, -0.05) is 12.1 Å². The van der Waals surface area contributed by atoms with Gasteiger partial charge in [0.05, 0.1) is 22.3 Å². The maximum atomic E-state index is 14.2. The first-order chi connectivity index (χ1) is 17.0. The van der Waals surface area contributed by atoms with E-state index in [9.17, 15) is 18.8 Å². The van der Waals surface area contributed by atoms with Gasteiger partial charge < -0.3 is 10.1 Å². The fourth-order valence-corrected chi connectivity index (χ4v) is 3.63. The minimum Gasteiger partial charge on any atom is -0.444 e. The Morgan fingerprint density at radius 1 is 0.972 bits per heavy atom. The number of rotatable bonds is 4. The summed E-state index contributed by atoms with van der Waals surface area (Å²) in [6.07, 6.45) is -0.811. The van der Waals surface area contributed by atoms with Crippen LogP contribution in [-0.2, 0) is 4.74 Å². The summed E-state index contributed by atoms with van der Waals surface area (Å²) in [6.45, 7) is 6.82. The predicted octanol–water partition coefficient (Wildman–Crippen LogP) is 5.43. The predicted molar refractivity (Wildman–Crippen MR) is 136 cm³/mol. The van der Waals surface area contributed by atoms with Gasteiger partial charge in [-0.15, -0.1) is 0 Å². The number of hydrogen-bond acceptors (Lipinski definition) is 5. The number of fused-ring (bicyclic) bond motifs is 1. The SMILES string of the molecule is Cc1nc2ccccc2c(=O)n1-c1ccc(C(=O)Nc2ccc(F)c(NC(=O)OC(C)(C)C)c2)cc1. The third-order valence-corrected chi connectivity index (χ3v) is 5.19. The molecule has 2 amide bonds. The Labute approximate surface area is 206 Å². The van der Waals surface area contributed by atoms with Gasteiger partial charge in [-0.3, -0.25) is 19.5 Å². The highest BCUT2D eigenvalue weighted by Crippen LogP contribution is 2.22. The van der Waals surface area contributed by atoms with E-state index in [1.807, 2.05) is 6.07 Å². The minimum absolute atomic E-state index is 0.129. The molecule has 0 aliphatic rings. The Kier molecular flexibility index (Phi) is 6.57. The molecule has 0 spiro atoms. The second-order valence-electron chi connectivity index (χ2n) is 9.14. The lowest BCUT2D eigenvalue weighted by Crippen LogP contribution is -2.27. The number of hydrogen-bond donors (Lipinski definition) is 2.